The van der Waals surface area contributed by atoms with Crippen molar-refractivity contribution in [3.05, 3.63) is 59.2 Å². The van der Waals surface area contributed by atoms with Crippen LogP contribution >= 0.6 is 0 Å². The predicted molar refractivity (Wildman–Crippen MR) is 237 cm³/mol. The Hall–Kier alpha value is -4.74. The van der Waals surface area contributed by atoms with E-state index in [4.69, 9.17) is 18.9 Å². The van der Waals surface area contributed by atoms with E-state index >= 15 is 0 Å². The number of anilines is 4. The highest BCUT2D eigenvalue weighted by atomic mass is 16.6. The third kappa shape index (κ3) is 5.82. The summed E-state index contributed by atoms with van der Waals surface area (Å²) in [6, 6.07) is 3.80. The first kappa shape index (κ1) is 42.6. The molecule has 9 rings (SSSR count). The van der Waals surface area contributed by atoms with E-state index in [1.165, 1.54) is 0 Å². The Morgan fingerprint density at radius 1 is 0.387 bits per heavy atom. The molecule has 8 atom stereocenters. The SMILES string of the molecule is CC1(C)[C@@H]2CC[C@@]1(C)OC(=O)/C2=C\Nc1cc(N/C=C2\C(=O)O[C@]3(C)CC[C@H]2C3(C)C)c(N/C=C2\C(=O)O[C@]3(C)CC[C@H]2C3(C)C)cc1N/C=C1\C(=O)O[C@]2(C)CC[C@H]1C2(C)C. The van der Waals surface area contributed by atoms with Gasteiger partial charge in [-0.05, 0) is 91.2 Å². The second kappa shape index (κ2) is 13.4. The molecule has 4 saturated carbocycles. The van der Waals surface area contributed by atoms with Crippen LogP contribution in [0.25, 0.3) is 0 Å². The number of esters is 4. The summed E-state index contributed by atoms with van der Waals surface area (Å²) >= 11 is 0. The first-order chi connectivity index (χ1) is 28.8. The Labute approximate surface area is 366 Å². The van der Waals surface area contributed by atoms with E-state index in [0.29, 0.717) is 45.0 Å². The first-order valence-electron chi connectivity index (χ1n) is 22.8. The normalized spacial score (nSPS) is 40.3. The van der Waals surface area contributed by atoms with Gasteiger partial charge in [-0.1, -0.05) is 55.4 Å². The van der Waals surface area contributed by atoms with Crippen LogP contribution in [0.15, 0.2) is 59.2 Å². The second-order valence-corrected chi connectivity index (χ2v) is 22.7. The number of rotatable bonds is 8. The van der Waals surface area contributed by atoms with Crippen LogP contribution in [-0.2, 0) is 38.1 Å². The lowest BCUT2D eigenvalue weighted by Crippen LogP contribution is -2.49. The Kier molecular flexibility index (Phi) is 9.19. The summed E-state index contributed by atoms with van der Waals surface area (Å²) in [5, 5.41) is 13.9. The lowest BCUT2D eigenvalue weighted by molar-refractivity contribution is -0.173. The van der Waals surface area contributed by atoms with E-state index in [1.54, 1.807) is 24.8 Å². The van der Waals surface area contributed by atoms with E-state index in [0.717, 1.165) is 51.4 Å². The average molecular weight is 851 g/mol. The van der Waals surface area contributed by atoms with Crippen LogP contribution in [0, 0.1) is 45.3 Å². The monoisotopic (exact) mass is 850 g/mol. The third-order valence-corrected chi connectivity index (χ3v) is 19.0. The predicted octanol–water partition coefficient (Wildman–Crippen LogP) is 9.88. The zero-order valence-electron chi connectivity index (χ0n) is 38.7. The van der Waals surface area contributed by atoms with Crippen molar-refractivity contribution in [2.24, 2.45) is 45.3 Å². The minimum atomic E-state index is -0.543. The molecule has 1 aromatic rings. The van der Waals surface area contributed by atoms with Gasteiger partial charge >= 0.3 is 23.9 Å². The molecule has 4 heterocycles. The minimum absolute atomic E-state index is 0.0136. The molecule has 62 heavy (non-hydrogen) atoms. The Morgan fingerprint density at radius 2 is 0.581 bits per heavy atom. The van der Waals surface area contributed by atoms with Crippen LogP contribution in [0.5, 0.6) is 0 Å². The Bertz CT molecular complexity index is 2000. The number of carbonyl (C=O) groups is 4. The number of hydrogen-bond acceptors (Lipinski definition) is 12. The molecule has 8 bridgehead atoms. The van der Waals surface area contributed by atoms with Gasteiger partial charge in [0.1, 0.15) is 22.4 Å². The van der Waals surface area contributed by atoms with E-state index < -0.39 is 22.4 Å². The first-order valence-corrected chi connectivity index (χ1v) is 22.8. The van der Waals surface area contributed by atoms with Gasteiger partial charge in [-0.2, -0.15) is 0 Å². The van der Waals surface area contributed by atoms with Crippen LogP contribution in [0.4, 0.5) is 22.7 Å². The second-order valence-electron chi connectivity index (χ2n) is 22.7. The van der Waals surface area contributed by atoms with E-state index in [1.807, 2.05) is 39.8 Å². The van der Waals surface area contributed by atoms with Crippen LogP contribution in [0.3, 0.4) is 0 Å². The van der Waals surface area contributed by atoms with Crippen LogP contribution < -0.4 is 21.3 Å². The van der Waals surface area contributed by atoms with Gasteiger partial charge in [0.15, 0.2) is 0 Å². The average Bonchev–Trinajstić information content (AvgIpc) is 3.52. The molecule has 8 fully saturated rings. The third-order valence-electron chi connectivity index (χ3n) is 19.0. The molecule has 12 heteroatoms. The molecule has 8 aliphatic rings. The fourth-order valence-electron chi connectivity index (χ4n) is 12.8. The standard InChI is InChI=1S/C50H66N4O8/c1-43(2)31-13-17-47(43,9)59-39(55)27(31)23-51-35-21-37(53-25-29-33-15-19-49(11,45(33,5)6)61-41(29)57)38(54-26-30-34-16-20-50(12,46(34,7)8)62-42(30)58)22-36(35)52-24-28-32-14-18-48(10,44(32,3)4)60-40(28)56/h21-26,31-34,51-54H,13-20H2,1-12H3/b27-23-,28-24-,29-25-,30-26-/t31-,32-,33-,34-,47-,48-,49-,50-/m1/s1. The lowest BCUT2D eigenvalue weighted by atomic mass is 9.69. The van der Waals surface area contributed by atoms with Gasteiger partial charge in [0.05, 0.1) is 45.0 Å². The van der Waals surface area contributed by atoms with E-state index in [-0.39, 0.29) is 69.2 Å². The number of hydrogen-bond donors (Lipinski definition) is 4. The van der Waals surface area contributed by atoms with E-state index in [2.05, 4.69) is 76.7 Å². The van der Waals surface area contributed by atoms with Crippen molar-refractivity contribution < 1.29 is 38.1 Å². The number of carbonyl (C=O) groups excluding carboxylic acids is 4. The summed E-state index contributed by atoms with van der Waals surface area (Å²) in [6.07, 6.45) is 13.4. The lowest BCUT2D eigenvalue weighted by Gasteiger charge is -2.45. The molecule has 0 radical (unpaired) electrons. The summed E-state index contributed by atoms with van der Waals surface area (Å²) < 4.78 is 24.4. The molecule has 4 aliphatic heterocycles. The van der Waals surface area contributed by atoms with E-state index in [9.17, 15) is 19.2 Å². The Balaban J connectivity index is 1.15. The highest BCUT2D eigenvalue weighted by Crippen LogP contribution is 2.61. The summed E-state index contributed by atoms with van der Waals surface area (Å²) in [5.41, 5.74) is 1.39. The van der Waals surface area contributed by atoms with Crippen molar-refractivity contribution >= 4 is 46.6 Å². The maximum Gasteiger partial charge on any atom is 0.336 e. The molecule has 334 valence electrons. The number of benzene rings is 1. The summed E-state index contributed by atoms with van der Waals surface area (Å²) in [6.45, 7) is 25.4. The van der Waals surface area contributed by atoms with Crippen LogP contribution in [0.2, 0.25) is 0 Å². The maximum absolute atomic E-state index is 13.6. The molecular formula is C50H66N4O8. The molecule has 12 nitrogen and oxygen atoms in total. The van der Waals surface area contributed by atoms with Gasteiger partial charge in [0, 0.05) is 70.1 Å². The highest BCUT2D eigenvalue weighted by molar-refractivity contribution is 5.96. The quantitative estimate of drug-likeness (QED) is 0.112. The van der Waals surface area contributed by atoms with Crippen molar-refractivity contribution in [3.63, 3.8) is 0 Å². The van der Waals surface area contributed by atoms with Crippen molar-refractivity contribution in [2.45, 2.75) is 157 Å². The molecular weight excluding hydrogens is 785 g/mol. The van der Waals surface area contributed by atoms with Gasteiger partial charge in [0.2, 0.25) is 0 Å². The fraction of sp³-hybridized carbons (Fsp3) is 0.640. The molecule has 0 spiro atoms. The molecule has 0 aromatic heterocycles. The molecule has 4 saturated heterocycles. The van der Waals surface area contributed by atoms with Crippen molar-refractivity contribution in [1.82, 2.24) is 0 Å². The molecule has 1 aromatic carbocycles. The number of nitrogens with one attached hydrogen (secondary N) is 4. The number of ether oxygens (including phenoxy) is 4. The molecule has 0 unspecified atom stereocenters. The van der Waals surface area contributed by atoms with Gasteiger partial charge in [-0.25, -0.2) is 19.2 Å². The van der Waals surface area contributed by atoms with Crippen LogP contribution in [-0.4, -0.2) is 46.3 Å². The maximum atomic E-state index is 13.6. The molecule has 0 amide bonds. The zero-order valence-corrected chi connectivity index (χ0v) is 38.7. The van der Waals surface area contributed by atoms with Crippen molar-refractivity contribution in [3.8, 4) is 0 Å². The van der Waals surface area contributed by atoms with Gasteiger partial charge in [-0.3, -0.25) is 0 Å². The summed E-state index contributed by atoms with van der Waals surface area (Å²) in [5.74, 6) is -1.41. The van der Waals surface area contributed by atoms with Gasteiger partial charge < -0.3 is 40.2 Å². The number of fused-ring (bicyclic) bond motifs is 8. The van der Waals surface area contributed by atoms with Gasteiger partial charge in [-0.15, -0.1) is 0 Å². The summed E-state index contributed by atoms with van der Waals surface area (Å²) in [7, 11) is 0. The minimum Gasteiger partial charge on any atom is -0.455 e. The van der Waals surface area contributed by atoms with Gasteiger partial charge in [0.25, 0.3) is 0 Å². The smallest absolute Gasteiger partial charge is 0.336 e. The molecule has 4 aliphatic carbocycles. The van der Waals surface area contributed by atoms with Crippen molar-refractivity contribution in [2.75, 3.05) is 21.3 Å². The largest absolute Gasteiger partial charge is 0.455 e. The fourth-order valence-corrected chi connectivity index (χ4v) is 12.8. The topological polar surface area (TPSA) is 153 Å². The zero-order chi connectivity index (χ0) is 44.8. The highest BCUT2D eigenvalue weighted by Gasteiger charge is 2.63. The summed E-state index contributed by atoms with van der Waals surface area (Å²) in [4.78, 5) is 54.4. The Morgan fingerprint density at radius 3 is 0.774 bits per heavy atom. The van der Waals surface area contributed by atoms with Crippen LogP contribution in [0.1, 0.15) is 134 Å². The van der Waals surface area contributed by atoms with Crippen molar-refractivity contribution in [1.29, 1.82) is 0 Å². The molecule has 4 N–H and O–H groups in total.